The van der Waals surface area contributed by atoms with Gasteiger partial charge in [-0.25, -0.2) is 35.1 Å². The standard InChI is InChI=1S/C22H27FN4O5S.C22H29FN4O3S.CH2O2.CH4.H3N/c1-14(15-2-7-18(23)8-3-15)25-22(28)16-4-9-19(10-5-16)26-33(31,32)20-11-6-17(13-24)21(12-20)27(29)30;1-14(15-2-7-18(23)8-3-15)26-22(28)16-4-9-19(10-5-16)27-31(29,30)20-11-6-17(13-24)21(25)12-20;2-1-3;;/h2-3,6-8,11-12,14,16,19,26H,4-5,9-10,13,24H2,1H3,(H,25,28);2-3,6-8,11-12,14,16,19,27H,4-5,9-10,13,24-25H2,1H3,(H,26,28);1H,(H,2,3);1H4;1H3/t2*14-,16?,19?;;;/m11.../s1. The maximum atomic E-state index is 13.1. The molecule has 2 amide bonds. The fourth-order valence-electron chi connectivity index (χ4n) is 7.83. The van der Waals surface area contributed by atoms with Gasteiger partial charge in [0.25, 0.3) is 12.2 Å². The molecule has 2 aliphatic carbocycles. The third-order valence-corrected chi connectivity index (χ3v) is 14.8. The van der Waals surface area contributed by atoms with E-state index >= 15 is 0 Å². The normalized spacial score (nSPS) is 18.6. The van der Waals surface area contributed by atoms with Crippen molar-refractivity contribution in [3.05, 3.63) is 129 Å². The third kappa shape index (κ3) is 17.2. The van der Waals surface area contributed by atoms with Crippen LogP contribution in [0.3, 0.4) is 0 Å². The van der Waals surface area contributed by atoms with Gasteiger partial charge in [0.05, 0.1) is 26.8 Å². The molecule has 4 aromatic carbocycles. The van der Waals surface area contributed by atoms with Gasteiger partial charge < -0.3 is 39.1 Å². The molecule has 2 fully saturated rings. The zero-order chi connectivity index (χ0) is 49.5. The Hall–Kier alpha value is -5.95. The van der Waals surface area contributed by atoms with Gasteiger partial charge in [0.2, 0.25) is 31.9 Å². The van der Waals surface area contributed by atoms with Crippen molar-refractivity contribution in [1.82, 2.24) is 26.2 Å². The average molecular weight is 1010 g/mol. The molecule has 2 saturated carbocycles. The van der Waals surface area contributed by atoms with Crippen LogP contribution in [0.5, 0.6) is 0 Å². The lowest BCUT2D eigenvalue weighted by atomic mass is 9.85. The number of hydrogen-bond donors (Lipinski definition) is 9. The molecule has 380 valence electrons. The van der Waals surface area contributed by atoms with E-state index in [0.717, 1.165) is 17.2 Å². The van der Waals surface area contributed by atoms with Crippen molar-refractivity contribution >= 4 is 49.7 Å². The van der Waals surface area contributed by atoms with Crippen LogP contribution in [-0.2, 0) is 47.5 Å². The monoisotopic (exact) mass is 1010 g/mol. The van der Waals surface area contributed by atoms with Crippen LogP contribution in [0.2, 0.25) is 0 Å². The van der Waals surface area contributed by atoms with E-state index in [9.17, 15) is 45.3 Å². The number of halogens is 2. The summed E-state index contributed by atoms with van der Waals surface area (Å²) in [4.78, 5) is 44.1. The number of benzene rings is 4. The lowest BCUT2D eigenvalue weighted by Gasteiger charge is -2.29. The van der Waals surface area contributed by atoms with Crippen molar-refractivity contribution < 1.29 is 50.0 Å². The maximum Gasteiger partial charge on any atom is 0.290 e. The van der Waals surface area contributed by atoms with Crippen molar-refractivity contribution in [1.29, 1.82) is 0 Å². The van der Waals surface area contributed by atoms with Crippen molar-refractivity contribution in [2.24, 2.45) is 23.3 Å². The Balaban J connectivity index is 0.000000437. The minimum atomic E-state index is -3.96. The second-order valence-corrected chi connectivity index (χ2v) is 19.8. The number of carboxylic acid groups (broad SMARTS) is 1. The zero-order valence-corrected chi connectivity index (χ0v) is 39.4. The van der Waals surface area contributed by atoms with E-state index in [0.29, 0.717) is 62.6 Å². The Bertz CT molecular complexity index is 2540. The summed E-state index contributed by atoms with van der Waals surface area (Å²) in [5, 5.41) is 24.0. The molecule has 2 atom stereocenters. The molecule has 0 unspecified atom stereocenters. The molecule has 69 heavy (non-hydrogen) atoms. The molecule has 4 aromatic rings. The summed E-state index contributed by atoms with van der Waals surface area (Å²) in [6, 6.07) is 19.0. The molecule has 0 aliphatic heterocycles. The van der Waals surface area contributed by atoms with E-state index < -0.39 is 25.0 Å². The number of amides is 2. The summed E-state index contributed by atoms with van der Waals surface area (Å²) in [7, 11) is -7.67. The number of nitrogens with one attached hydrogen (secondary N) is 4. The summed E-state index contributed by atoms with van der Waals surface area (Å²) >= 11 is 0. The minimum absolute atomic E-state index is 0. The maximum absolute atomic E-state index is 13.1. The molecule has 6 rings (SSSR count). The quantitative estimate of drug-likeness (QED) is 0.0286. The van der Waals surface area contributed by atoms with E-state index in [1.807, 2.05) is 13.8 Å². The van der Waals surface area contributed by atoms with Crippen LogP contribution in [0.1, 0.15) is 107 Å². The largest absolute Gasteiger partial charge is 0.483 e. The van der Waals surface area contributed by atoms with E-state index in [4.69, 9.17) is 27.1 Å². The van der Waals surface area contributed by atoms with Gasteiger partial charge in [0, 0.05) is 54.3 Å². The number of nitrogens with zero attached hydrogens (tertiary/aromatic N) is 1. The van der Waals surface area contributed by atoms with Crippen LogP contribution in [0.4, 0.5) is 20.2 Å². The first-order valence-corrected chi connectivity index (χ1v) is 24.5. The van der Waals surface area contributed by atoms with Crippen LogP contribution in [0.25, 0.3) is 0 Å². The molecular formula is C46H65F2N9O10S2. The highest BCUT2D eigenvalue weighted by Crippen LogP contribution is 2.30. The van der Waals surface area contributed by atoms with Crippen LogP contribution in [0, 0.1) is 33.6 Å². The lowest BCUT2D eigenvalue weighted by molar-refractivity contribution is -0.385. The second-order valence-electron chi connectivity index (χ2n) is 16.3. The fraction of sp³-hybridized carbons (Fsp3) is 0.413. The second kappa shape index (κ2) is 27.3. The predicted molar refractivity (Wildman–Crippen MR) is 258 cm³/mol. The first kappa shape index (κ1) is 59.2. The van der Waals surface area contributed by atoms with Gasteiger partial charge in [-0.05, 0) is 130 Å². The van der Waals surface area contributed by atoms with Crippen molar-refractivity contribution in [3.8, 4) is 0 Å². The Morgan fingerprint density at radius 1 is 0.696 bits per heavy atom. The molecule has 0 heterocycles. The molecule has 0 spiro atoms. The van der Waals surface area contributed by atoms with E-state index in [2.05, 4.69) is 20.1 Å². The SMILES string of the molecule is C.C[C@@H](NC(=O)C1CCC(NS(=O)(=O)c2ccc(CN)c(N)c2)CC1)c1ccc(F)cc1.C[C@@H](NC(=O)C1CCC(NS(=O)(=O)c2ccc(CN)c([N+](=O)[O-])c2)CC1)c1ccc(F)cc1.N.O=CO. The topological polar surface area (TPSA) is 344 Å². The van der Waals surface area contributed by atoms with Crippen molar-refractivity contribution in [2.75, 3.05) is 5.73 Å². The first-order valence-electron chi connectivity index (χ1n) is 21.5. The zero-order valence-electron chi connectivity index (χ0n) is 37.8. The molecule has 23 heteroatoms. The lowest BCUT2D eigenvalue weighted by Crippen LogP contribution is -2.41. The highest BCUT2D eigenvalue weighted by Gasteiger charge is 2.32. The van der Waals surface area contributed by atoms with Gasteiger partial charge in [0.1, 0.15) is 11.6 Å². The summed E-state index contributed by atoms with van der Waals surface area (Å²) < 4.78 is 82.4. The molecule has 0 radical (unpaired) electrons. The fourth-order valence-corrected chi connectivity index (χ4v) is 10.5. The number of nitro benzene ring substituents is 1. The van der Waals surface area contributed by atoms with Crippen LogP contribution >= 0.6 is 0 Å². The van der Waals surface area contributed by atoms with E-state index in [-0.39, 0.29) is 114 Å². The molecule has 0 saturated heterocycles. The number of nitro groups is 1. The van der Waals surface area contributed by atoms with Gasteiger partial charge in [-0.2, -0.15) is 0 Å². The summed E-state index contributed by atoms with van der Waals surface area (Å²) in [5.41, 5.74) is 19.5. The highest BCUT2D eigenvalue weighted by atomic mass is 32.2. The van der Waals surface area contributed by atoms with Gasteiger partial charge in [0.15, 0.2) is 0 Å². The molecular weight excluding hydrogens is 941 g/mol. The Labute approximate surface area is 402 Å². The van der Waals surface area contributed by atoms with Crippen molar-refractivity contribution in [3.63, 3.8) is 0 Å². The van der Waals surface area contributed by atoms with Gasteiger partial charge in [-0.1, -0.05) is 37.8 Å². The van der Waals surface area contributed by atoms with E-state index in [1.165, 1.54) is 48.5 Å². The summed E-state index contributed by atoms with van der Waals surface area (Å²) in [6.07, 6.45) is 4.24. The highest BCUT2D eigenvalue weighted by molar-refractivity contribution is 7.89. The van der Waals surface area contributed by atoms with Crippen LogP contribution in [-0.4, -0.2) is 57.2 Å². The minimum Gasteiger partial charge on any atom is -0.483 e. The predicted octanol–water partition coefficient (Wildman–Crippen LogP) is 5.99. The molecule has 0 aromatic heterocycles. The van der Waals surface area contributed by atoms with Gasteiger partial charge >= 0.3 is 0 Å². The first-order chi connectivity index (χ1) is 31.7. The molecule has 2 aliphatic rings. The average Bonchev–Trinajstić information content (AvgIpc) is 3.29. The van der Waals surface area contributed by atoms with Crippen molar-refractivity contribution in [2.45, 2.75) is 120 Å². The number of hydrogen-bond acceptors (Lipinski definition) is 13. The van der Waals surface area contributed by atoms with Crippen LogP contribution < -0.4 is 43.4 Å². The van der Waals surface area contributed by atoms with E-state index in [1.54, 1.807) is 30.3 Å². The Kier molecular flexibility index (Phi) is 23.4. The number of carbonyl (C=O) groups is 3. The van der Waals surface area contributed by atoms with Crippen LogP contribution in [0.15, 0.2) is 94.7 Å². The summed E-state index contributed by atoms with van der Waals surface area (Å²) in [6.45, 7) is 3.59. The number of anilines is 1. The molecule has 19 nitrogen and oxygen atoms in total. The number of nitrogen functional groups attached to an aromatic ring is 1. The molecule has 14 N–H and O–H groups in total. The third-order valence-electron chi connectivity index (χ3n) is 11.7. The van der Waals surface area contributed by atoms with Gasteiger partial charge in [-0.3, -0.25) is 24.5 Å². The number of nitrogens with two attached hydrogens (primary N) is 3. The molecule has 0 bridgehead atoms. The number of sulfonamides is 2. The smallest absolute Gasteiger partial charge is 0.290 e. The Morgan fingerprint density at radius 2 is 1.04 bits per heavy atom. The van der Waals surface area contributed by atoms with Gasteiger partial charge in [-0.15, -0.1) is 0 Å². The number of rotatable bonds is 15. The Morgan fingerprint density at radius 3 is 1.38 bits per heavy atom. The number of carbonyl (C=O) groups excluding carboxylic acids is 2. The summed E-state index contributed by atoms with van der Waals surface area (Å²) in [5.74, 6) is -1.28.